The molecule has 40 heavy (non-hydrogen) atoms. The fourth-order valence-electron chi connectivity index (χ4n) is 5.90. The van der Waals surface area contributed by atoms with Crippen LogP contribution in [0.1, 0.15) is 5.56 Å². The van der Waals surface area contributed by atoms with E-state index in [1.54, 1.807) is 18.2 Å². The van der Waals surface area contributed by atoms with Gasteiger partial charge in [-0.25, -0.2) is 4.90 Å². The molecule has 4 unspecified atom stereocenters. The summed E-state index contributed by atoms with van der Waals surface area (Å²) in [5.74, 6) is -2.46. The van der Waals surface area contributed by atoms with Gasteiger partial charge in [-0.05, 0) is 35.9 Å². The summed E-state index contributed by atoms with van der Waals surface area (Å²) < 4.78 is 10.7. The average Bonchev–Trinajstić information content (AvgIpc) is 3.45. The van der Waals surface area contributed by atoms with Gasteiger partial charge in [-0.2, -0.15) is 0 Å². The molecule has 3 aromatic carbocycles. The standard InChI is InChI=1S/C29H24N4O7/c1-39-19-12-14-21(23(15-19)40-2)32-28(35)24-22-13-7-16-5-3-4-6-20(16)31(22)26(25(24)29(32)36)27(34)30-17-8-10-18(11-9-17)33(37)38/h3-15,22,24-26H,1-2H3,(H,30,34). The highest BCUT2D eigenvalue weighted by atomic mass is 16.6. The molecule has 1 N–H and O–H groups in total. The minimum Gasteiger partial charge on any atom is -0.497 e. The molecule has 3 aromatic rings. The van der Waals surface area contributed by atoms with Crippen LogP contribution in [0.3, 0.4) is 0 Å². The summed E-state index contributed by atoms with van der Waals surface area (Å²) in [6.07, 6.45) is 3.76. The van der Waals surface area contributed by atoms with Gasteiger partial charge in [0.1, 0.15) is 17.5 Å². The number of nitrogens with one attached hydrogen (secondary N) is 1. The number of carbonyl (C=O) groups excluding carboxylic acids is 3. The van der Waals surface area contributed by atoms with E-state index in [2.05, 4.69) is 5.32 Å². The normalized spacial score (nSPS) is 22.4. The molecule has 0 spiro atoms. The van der Waals surface area contributed by atoms with Gasteiger partial charge < -0.3 is 19.7 Å². The fraction of sp³-hybridized carbons (Fsp3) is 0.207. The van der Waals surface area contributed by atoms with E-state index in [1.807, 2.05) is 41.3 Å². The molecule has 0 aromatic heterocycles. The first kappa shape index (κ1) is 25.1. The first-order chi connectivity index (χ1) is 19.3. The number of nitro benzene ring substituents is 1. The van der Waals surface area contributed by atoms with Crippen molar-refractivity contribution in [2.75, 3.05) is 29.3 Å². The summed E-state index contributed by atoms with van der Waals surface area (Å²) in [7, 11) is 2.94. The SMILES string of the molecule is COc1ccc(N2C(=O)C3C(C2=O)C(C(=O)Nc2ccc([N+](=O)[O-])cc2)N2c4ccccc4C=CC32)c(OC)c1. The molecular weight excluding hydrogens is 516 g/mol. The second-order valence-corrected chi connectivity index (χ2v) is 9.66. The van der Waals surface area contributed by atoms with Crippen molar-refractivity contribution >= 4 is 46.5 Å². The summed E-state index contributed by atoms with van der Waals surface area (Å²) in [6.45, 7) is 0. The third-order valence-electron chi connectivity index (χ3n) is 7.66. The van der Waals surface area contributed by atoms with Crippen molar-refractivity contribution in [2.45, 2.75) is 12.1 Å². The molecule has 0 bridgehead atoms. The Hall–Kier alpha value is -5.19. The molecule has 3 amide bonds. The number of non-ortho nitro benzene ring substituents is 1. The molecule has 0 aliphatic carbocycles. The Morgan fingerprint density at radius 1 is 0.925 bits per heavy atom. The molecule has 0 saturated carbocycles. The maximum Gasteiger partial charge on any atom is 0.269 e. The van der Waals surface area contributed by atoms with E-state index in [4.69, 9.17) is 9.47 Å². The van der Waals surface area contributed by atoms with Gasteiger partial charge in [0.25, 0.3) is 5.69 Å². The lowest BCUT2D eigenvalue weighted by molar-refractivity contribution is -0.384. The first-order valence-corrected chi connectivity index (χ1v) is 12.5. The van der Waals surface area contributed by atoms with Crippen LogP contribution >= 0.6 is 0 Å². The quantitative estimate of drug-likeness (QED) is 0.285. The van der Waals surface area contributed by atoms with E-state index in [9.17, 15) is 24.5 Å². The van der Waals surface area contributed by atoms with Crippen molar-refractivity contribution in [3.05, 3.63) is 88.5 Å². The number of hydrogen-bond donors (Lipinski definition) is 1. The zero-order valence-corrected chi connectivity index (χ0v) is 21.5. The third kappa shape index (κ3) is 3.77. The maximum atomic E-state index is 14.1. The highest BCUT2D eigenvalue weighted by Crippen LogP contribution is 2.50. The first-order valence-electron chi connectivity index (χ1n) is 12.5. The highest BCUT2D eigenvalue weighted by Gasteiger charge is 2.64. The fourth-order valence-corrected chi connectivity index (χ4v) is 5.90. The van der Waals surface area contributed by atoms with Crippen LogP contribution in [0.2, 0.25) is 0 Å². The van der Waals surface area contributed by atoms with Crippen LogP contribution in [0.4, 0.5) is 22.7 Å². The van der Waals surface area contributed by atoms with Crippen LogP contribution in [-0.4, -0.2) is 48.9 Å². The number of ether oxygens (including phenoxy) is 2. The van der Waals surface area contributed by atoms with Gasteiger partial charge in [-0.3, -0.25) is 24.5 Å². The zero-order chi connectivity index (χ0) is 28.1. The van der Waals surface area contributed by atoms with Gasteiger partial charge in [-0.1, -0.05) is 30.4 Å². The highest BCUT2D eigenvalue weighted by molar-refractivity contribution is 6.25. The third-order valence-corrected chi connectivity index (χ3v) is 7.66. The second-order valence-electron chi connectivity index (χ2n) is 9.66. The van der Waals surface area contributed by atoms with Crippen LogP contribution in [0.25, 0.3) is 6.08 Å². The number of hydrogen-bond acceptors (Lipinski definition) is 8. The van der Waals surface area contributed by atoms with Crippen molar-refractivity contribution in [1.82, 2.24) is 0 Å². The molecule has 3 heterocycles. The monoisotopic (exact) mass is 540 g/mol. The van der Waals surface area contributed by atoms with Gasteiger partial charge in [0, 0.05) is 29.6 Å². The van der Waals surface area contributed by atoms with Gasteiger partial charge in [0.2, 0.25) is 17.7 Å². The lowest BCUT2D eigenvalue weighted by Gasteiger charge is -2.36. The number of anilines is 3. The summed E-state index contributed by atoms with van der Waals surface area (Å²) in [6, 6.07) is 16.2. The molecule has 11 nitrogen and oxygen atoms in total. The van der Waals surface area contributed by atoms with E-state index < -0.39 is 46.6 Å². The van der Waals surface area contributed by atoms with E-state index >= 15 is 0 Å². The van der Waals surface area contributed by atoms with Gasteiger partial charge in [0.05, 0.1) is 42.7 Å². The molecule has 4 atom stereocenters. The van der Waals surface area contributed by atoms with Crippen LogP contribution in [0, 0.1) is 22.0 Å². The molecule has 3 aliphatic heterocycles. The average molecular weight is 541 g/mol. The number of fused-ring (bicyclic) bond motifs is 5. The predicted octanol–water partition coefficient (Wildman–Crippen LogP) is 3.64. The number of amides is 3. The Bertz CT molecular complexity index is 1590. The Balaban J connectivity index is 1.42. The smallest absolute Gasteiger partial charge is 0.269 e. The van der Waals surface area contributed by atoms with E-state index in [-0.39, 0.29) is 17.1 Å². The van der Waals surface area contributed by atoms with E-state index in [0.29, 0.717) is 11.4 Å². The van der Waals surface area contributed by atoms with Crippen LogP contribution in [0.15, 0.2) is 72.8 Å². The Kier molecular flexibility index (Phi) is 5.98. The Morgan fingerprint density at radius 2 is 1.65 bits per heavy atom. The number of nitro groups is 1. The van der Waals surface area contributed by atoms with Gasteiger partial charge >= 0.3 is 0 Å². The second kappa shape index (κ2) is 9.53. The lowest BCUT2D eigenvalue weighted by Crippen LogP contribution is -2.50. The minimum atomic E-state index is -1.03. The van der Waals surface area contributed by atoms with Crippen LogP contribution in [0.5, 0.6) is 11.5 Å². The molecule has 6 rings (SSSR count). The van der Waals surface area contributed by atoms with Crippen LogP contribution in [-0.2, 0) is 14.4 Å². The largest absolute Gasteiger partial charge is 0.497 e. The summed E-state index contributed by atoms with van der Waals surface area (Å²) in [4.78, 5) is 55.4. The molecule has 3 aliphatic rings. The summed E-state index contributed by atoms with van der Waals surface area (Å²) in [5, 5.41) is 13.9. The number of nitrogens with zero attached hydrogens (tertiary/aromatic N) is 3. The Labute approximate surface area is 228 Å². The minimum absolute atomic E-state index is 0.116. The molecule has 2 fully saturated rings. The van der Waals surface area contributed by atoms with Crippen molar-refractivity contribution in [1.29, 1.82) is 0 Å². The number of methoxy groups -OCH3 is 2. The maximum absolute atomic E-state index is 14.1. The van der Waals surface area contributed by atoms with Crippen molar-refractivity contribution in [3.8, 4) is 11.5 Å². The van der Waals surface area contributed by atoms with Crippen molar-refractivity contribution < 1.29 is 28.8 Å². The van der Waals surface area contributed by atoms with E-state index in [1.165, 1.54) is 38.5 Å². The van der Waals surface area contributed by atoms with Gasteiger partial charge in [-0.15, -0.1) is 0 Å². The number of benzene rings is 3. The molecule has 11 heteroatoms. The van der Waals surface area contributed by atoms with Crippen LogP contribution < -0.4 is 24.6 Å². The number of carbonyl (C=O) groups is 3. The van der Waals surface area contributed by atoms with E-state index in [0.717, 1.165) is 16.2 Å². The zero-order valence-electron chi connectivity index (χ0n) is 21.5. The lowest BCUT2D eigenvalue weighted by atomic mass is 9.88. The topological polar surface area (TPSA) is 131 Å². The molecule has 2 saturated heterocycles. The van der Waals surface area contributed by atoms with Crippen molar-refractivity contribution in [2.24, 2.45) is 11.8 Å². The Morgan fingerprint density at radius 3 is 2.35 bits per heavy atom. The van der Waals surface area contributed by atoms with Gasteiger partial charge in [0.15, 0.2) is 0 Å². The summed E-state index contributed by atoms with van der Waals surface area (Å²) >= 11 is 0. The number of imide groups is 1. The number of rotatable bonds is 6. The molecular formula is C29H24N4O7. The molecule has 202 valence electrons. The molecule has 0 radical (unpaired) electrons. The number of para-hydroxylation sites is 1. The summed E-state index contributed by atoms with van der Waals surface area (Å²) in [5.41, 5.74) is 2.09. The van der Waals surface area contributed by atoms with Crippen molar-refractivity contribution in [3.63, 3.8) is 0 Å². The predicted molar refractivity (Wildman–Crippen MR) is 146 cm³/mol.